The van der Waals surface area contributed by atoms with E-state index in [4.69, 9.17) is 15.1 Å². The van der Waals surface area contributed by atoms with E-state index in [0.29, 0.717) is 23.3 Å². The molecule has 4 nitrogen and oxygen atoms in total. The van der Waals surface area contributed by atoms with Crippen molar-refractivity contribution in [3.63, 3.8) is 0 Å². The van der Waals surface area contributed by atoms with Gasteiger partial charge in [0.25, 0.3) is 0 Å². The molecule has 0 heterocycles. The quantitative estimate of drug-likeness (QED) is 0.817. The van der Waals surface area contributed by atoms with Crippen molar-refractivity contribution in [1.82, 2.24) is 0 Å². The van der Waals surface area contributed by atoms with Crippen LogP contribution in [0.2, 0.25) is 0 Å². The SMILES string of the molecule is CCc1c(OC)cc(C#N)cc1C(=O)O. The minimum absolute atomic E-state index is 0.133. The zero-order valence-corrected chi connectivity index (χ0v) is 8.57. The van der Waals surface area contributed by atoms with Crippen molar-refractivity contribution >= 4 is 5.97 Å². The van der Waals surface area contributed by atoms with E-state index in [0.717, 1.165) is 0 Å². The first-order valence-corrected chi connectivity index (χ1v) is 4.48. The number of ether oxygens (including phenoxy) is 1. The maximum atomic E-state index is 11.0. The van der Waals surface area contributed by atoms with Crippen LogP contribution in [0.4, 0.5) is 0 Å². The molecule has 0 spiro atoms. The van der Waals surface area contributed by atoms with Crippen LogP contribution in [-0.2, 0) is 6.42 Å². The van der Waals surface area contributed by atoms with Crippen LogP contribution in [0.15, 0.2) is 12.1 Å². The predicted molar refractivity (Wildman–Crippen MR) is 54.0 cm³/mol. The van der Waals surface area contributed by atoms with Crippen molar-refractivity contribution in [3.8, 4) is 11.8 Å². The van der Waals surface area contributed by atoms with E-state index in [1.54, 1.807) is 6.07 Å². The number of methoxy groups -OCH3 is 1. The van der Waals surface area contributed by atoms with Gasteiger partial charge in [-0.2, -0.15) is 5.26 Å². The first kappa shape index (κ1) is 11.1. The van der Waals surface area contributed by atoms with Crippen LogP contribution in [0.5, 0.6) is 5.75 Å². The first-order chi connectivity index (χ1) is 7.13. The highest BCUT2D eigenvalue weighted by molar-refractivity contribution is 5.90. The summed E-state index contributed by atoms with van der Waals surface area (Å²) in [6.45, 7) is 1.84. The minimum Gasteiger partial charge on any atom is -0.496 e. The van der Waals surface area contributed by atoms with Crippen molar-refractivity contribution in [3.05, 3.63) is 28.8 Å². The molecular weight excluding hydrogens is 194 g/mol. The average molecular weight is 205 g/mol. The smallest absolute Gasteiger partial charge is 0.336 e. The zero-order chi connectivity index (χ0) is 11.4. The van der Waals surface area contributed by atoms with Gasteiger partial charge < -0.3 is 9.84 Å². The Labute approximate surface area is 87.7 Å². The van der Waals surface area contributed by atoms with Crippen molar-refractivity contribution < 1.29 is 14.6 Å². The number of benzene rings is 1. The van der Waals surface area contributed by atoms with Gasteiger partial charge in [0, 0.05) is 5.56 Å². The van der Waals surface area contributed by atoms with E-state index in [9.17, 15) is 4.79 Å². The van der Waals surface area contributed by atoms with Crippen LogP contribution in [-0.4, -0.2) is 18.2 Å². The number of rotatable bonds is 3. The van der Waals surface area contributed by atoms with Gasteiger partial charge >= 0.3 is 5.97 Å². The molecule has 1 aromatic rings. The molecule has 0 bridgehead atoms. The van der Waals surface area contributed by atoms with Gasteiger partial charge in [0.05, 0.1) is 24.3 Å². The van der Waals surface area contributed by atoms with Gasteiger partial charge in [-0.25, -0.2) is 4.79 Å². The predicted octanol–water partition coefficient (Wildman–Crippen LogP) is 1.83. The molecule has 0 fully saturated rings. The van der Waals surface area contributed by atoms with E-state index < -0.39 is 5.97 Å². The van der Waals surface area contributed by atoms with E-state index in [2.05, 4.69) is 0 Å². The van der Waals surface area contributed by atoms with Crippen LogP contribution in [0.25, 0.3) is 0 Å². The molecule has 0 aliphatic carbocycles. The molecule has 0 atom stereocenters. The Kier molecular flexibility index (Phi) is 3.29. The topological polar surface area (TPSA) is 70.3 Å². The maximum Gasteiger partial charge on any atom is 0.336 e. The van der Waals surface area contributed by atoms with Crippen LogP contribution in [0.1, 0.15) is 28.4 Å². The summed E-state index contributed by atoms with van der Waals surface area (Å²) in [5, 5.41) is 17.7. The summed E-state index contributed by atoms with van der Waals surface area (Å²) in [7, 11) is 1.46. The van der Waals surface area contributed by atoms with E-state index >= 15 is 0 Å². The molecule has 0 aromatic heterocycles. The van der Waals surface area contributed by atoms with Gasteiger partial charge in [-0.1, -0.05) is 6.92 Å². The number of nitriles is 1. The summed E-state index contributed by atoms with van der Waals surface area (Å²) in [5.41, 5.74) is 1.04. The molecule has 0 amide bonds. The second kappa shape index (κ2) is 4.47. The first-order valence-electron chi connectivity index (χ1n) is 4.48. The van der Waals surface area contributed by atoms with Crippen LogP contribution in [0.3, 0.4) is 0 Å². The van der Waals surface area contributed by atoms with Gasteiger partial charge in [0.1, 0.15) is 5.75 Å². The Morgan fingerprint density at radius 3 is 2.67 bits per heavy atom. The normalized spacial score (nSPS) is 9.40. The van der Waals surface area contributed by atoms with Crippen LogP contribution < -0.4 is 4.74 Å². The fourth-order valence-corrected chi connectivity index (χ4v) is 1.45. The zero-order valence-electron chi connectivity index (χ0n) is 8.57. The molecular formula is C11H11NO3. The van der Waals surface area contributed by atoms with Crippen molar-refractivity contribution in [2.24, 2.45) is 0 Å². The number of carboxylic acid groups (broad SMARTS) is 1. The van der Waals surface area contributed by atoms with Gasteiger partial charge in [0.2, 0.25) is 0 Å². The van der Waals surface area contributed by atoms with Crippen molar-refractivity contribution in [1.29, 1.82) is 5.26 Å². The number of carboxylic acids is 1. The highest BCUT2D eigenvalue weighted by atomic mass is 16.5. The molecule has 0 unspecified atom stereocenters. The third-order valence-electron chi connectivity index (χ3n) is 2.14. The Balaban J connectivity index is 3.47. The summed E-state index contributed by atoms with van der Waals surface area (Å²) in [6, 6.07) is 4.82. The lowest BCUT2D eigenvalue weighted by atomic mass is 10.0. The number of hydrogen-bond acceptors (Lipinski definition) is 3. The van der Waals surface area contributed by atoms with Crippen LogP contribution in [0, 0.1) is 11.3 Å². The van der Waals surface area contributed by atoms with E-state index in [1.807, 2.05) is 13.0 Å². The summed E-state index contributed by atoms with van der Waals surface area (Å²) in [5.74, 6) is -0.587. The fourth-order valence-electron chi connectivity index (χ4n) is 1.45. The Bertz CT molecular complexity index is 432. The molecule has 1 rings (SSSR count). The molecule has 15 heavy (non-hydrogen) atoms. The van der Waals surface area contributed by atoms with Gasteiger partial charge in [0.15, 0.2) is 0 Å². The van der Waals surface area contributed by atoms with Crippen molar-refractivity contribution in [2.45, 2.75) is 13.3 Å². The standard InChI is InChI=1S/C11H11NO3/c1-3-8-9(11(13)14)4-7(6-12)5-10(8)15-2/h4-5H,3H2,1-2H3,(H,13,14). The third kappa shape index (κ3) is 2.08. The third-order valence-corrected chi connectivity index (χ3v) is 2.14. The maximum absolute atomic E-state index is 11.0. The lowest BCUT2D eigenvalue weighted by molar-refractivity contribution is 0.0695. The molecule has 0 saturated carbocycles. The monoisotopic (exact) mass is 205 g/mol. The number of aromatic carboxylic acids is 1. The highest BCUT2D eigenvalue weighted by Crippen LogP contribution is 2.25. The lowest BCUT2D eigenvalue weighted by Gasteiger charge is -2.10. The summed E-state index contributed by atoms with van der Waals surface area (Å²) in [4.78, 5) is 11.0. The second-order valence-electron chi connectivity index (χ2n) is 2.98. The molecule has 4 heteroatoms. The molecule has 78 valence electrons. The molecule has 1 aromatic carbocycles. The van der Waals surface area contributed by atoms with Crippen LogP contribution >= 0.6 is 0 Å². The van der Waals surface area contributed by atoms with Gasteiger partial charge in [-0.05, 0) is 18.6 Å². The van der Waals surface area contributed by atoms with E-state index in [-0.39, 0.29) is 5.56 Å². The Hall–Kier alpha value is -2.02. The highest BCUT2D eigenvalue weighted by Gasteiger charge is 2.15. The second-order valence-corrected chi connectivity index (χ2v) is 2.98. The van der Waals surface area contributed by atoms with E-state index in [1.165, 1.54) is 13.2 Å². The van der Waals surface area contributed by atoms with Gasteiger partial charge in [-0.3, -0.25) is 0 Å². The van der Waals surface area contributed by atoms with Crippen molar-refractivity contribution in [2.75, 3.05) is 7.11 Å². The Morgan fingerprint density at radius 2 is 2.27 bits per heavy atom. The largest absolute Gasteiger partial charge is 0.496 e. The average Bonchev–Trinajstić information content (AvgIpc) is 2.26. The summed E-state index contributed by atoms with van der Waals surface area (Å²) >= 11 is 0. The molecule has 0 radical (unpaired) electrons. The summed E-state index contributed by atoms with van der Waals surface area (Å²) < 4.78 is 5.06. The minimum atomic E-state index is -1.04. The number of carbonyl (C=O) groups is 1. The fraction of sp³-hybridized carbons (Fsp3) is 0.273. The molecule has 0 aliphatic heterocycles. The van der Waals surface area contributed by atoms with Gasteiger partial charge in [-0.15, -0.1) is 0 Å². The number of nitrogens with zero attached hydrogens (tertiary/aromatic N) is 1. The summed E-state index contributed by atoms with van der Waals surface area (Å²) in [6.07, 6.45) is 0.552. The molecule has 0 saturated heterocycles. The Morgan fingerprint density at radius 1 is 1.60 bits per heavy atom. The lowest BCUT2D eigenvalue weighted by Crippen LogP contribution is -2.05. The molecule has 1 N–H and O–H groups in total. The molecule has 0 aliphatic rings. The number of hydrogen-bond donors (Lipinski definition) is 1.